The highest BCUT2D eigenvalue weighted by Crippen LogP contribution is 2.39. The minimum absolute atomic E-state index is 0.429. The topological polar surface area (TPSA) is 97.8 Å². The van der Waals surface area contributed by atoms with Crippen molar-refractivity contribution >= 4 is 23.4 Å². The molecule has 1 aromatic carbocycles. The van der Waals surface area contributed by atoms with E-state index < -0.39 is 6.03 Å². The number of carbonyl (C=O) groups is 1. The molecule has 2 N–H and O–H groups in total. The highest BCUT2D eigenvalue weighted by molar-refractivity contribution is 6.00. The van der Waals surface area contributed by atoms with Crippen molar-refractivity contribution in [1.29, 1.82) is 0 Å². The summed E-state index contributed by atoms with van der Waals surface area (Å²) >= 11 is 0. The molecule has 2 heterocycles. The standard InChI is InChI=1S/C18H23N5O4/c1-25-14-8-12(9-15(26-2)16(14)27-3)21-18(24)22-13-10-19-17(20-11-13)23-6-4-5-7-23/h8-11H,4-7H2,1-3H3,(H2,21,22,24). The summed E-state index contributed by atoms with van der Waals surface area (Å²) in [7, 11) is 4.55. The van der Waals surface area contributed by atoms with Gasteiger partial charge in [0.15, 0.2) is 11.5 Å². The van der Waals surface area contributed by atoms with Crippen LogP contribution in [0.4, 0.5) is 22.1 Å². The van der Waals surface area contributed by atoms with Crippen molar-refractivity contribution in [2.75, 3.05) is 50.0 Å². The van der Waals surface area contributed by atoms with Gasteiger partial charge in [-0.1, -0.05) is 0 Å². The summed E-state index contributed by atoms with van der Waals surface area (Å²) in [5.41, 5.74) is 1.000. The first-order valence-corrected chi connectivity index (χ1v) is 8.59. The number of aromatic nitrogens is 2. The third kappa shape index (κ3) is 4.30. The maximum atomic E-state index is 12.3. The van der Waals surface area contributed by atoms with E-state index in [0.717, 1.165) is 25.9 Å². The number of ether oxygens (including phenoxy) is 3. The molecular weight excluding hydrogens is 350 g/mol. The van der Waals surface area contributed by atoms with E-state index in [1.807, 2.05) is 0 Å². The molecule has 2 amide bonds. The van der Waals surface area contributed by atoms with Crippen LogP contribution in [0.15, 0.2) is 24.5 Å². The van der Waals surface area contributed by atoms with Gasteiger partial charge >= 0.3 is 6.03 Å². The van der Waals surface area contributed by atoms with Crippen LogP contribution in [0.2, 0.25) is 0 Å². The summed E-state index contributed by atoms with van der Waals surface area (Å²) in [5.74, 6) is 2.04. The predicted molar refractivity (Wildman–Crippen MR) is 102 cm³/mol. The Bertz CT molecular complexity index is 766. The van der Waals surface area contributed by atoms with Crippen LogP contribution in [0, 0.1) is 0 Å². The number of carbonyl (C=O) groups excluding carboxylic acids is 1. The molecule has 0 unspecified atom stereocenters. The van der Waals surface area contributed by atoms with E-state index in [1.165, 1.54) is 21.3 Å². The zero-order valence-corrected chi connectivity index (χ0v) is 15.6. The second-order valence-electron chi connectivity index (χ2n) is 5.96. The van der Waals surface area contributed by atoms with Gasteiger partial charge in [-0.05, 0) is 12.8 Å². The number of anilines is 3. The normalized spacial score (nSPS) is 13.2. The van der Waals surface area contributed by atoms with Crippen molar-refractivity contribution in [1.82, 2.24) is 9.97 Å². The Hall–Kier alpha value is -3.23. The summed E-state index contributed by atoms with van der Waals surface area (Å²) in [6.07, 6.45) is 5.49. The van der Waals surface area contributed by atoms with Crippen LogP contribution in [0.5, 0.6) is 17.2 Å². The number of methoxy groups -OCH3 is 3. The molecule has 1 fully saturated rings. The second-order valence-corrected chi connectivity index (χ2v) is 5.96. The molecule has 0 aliphatic carbocycles. The molecule has 0 bridgehead atoms. The molecule has 9 heteroatoms. The van der Waals surface area contributed by atoms with Crippen molar-refractivity contribution in [2.45, 2.75) is 12.8 Å². The summed E-state index contributed by atoms with van der Waals surface area (Å²) in [4.78, 5) is 23.0. The average Bonchev–Trinajstić information content (AvgIpc) is 3.22. The van der Waals surface area contributed by atoms with Crippen molar-refractivity contribution in [3.8, 4) is 17.2 Å². The molecule has 1 aromatic heterocycles. The maximum absolute atomic E-state index is 12.3. The molecule has 1 aliphatic heterocycles. The number of nitrogens with zero attached hydrogens (tertiary/aromatic N) is 3. The molecule has 1 aliphatic rings. The van der Waals surface area contributed by atoms with E-state index in [9.17, 15) is 4.79 Å². The monoisotopic (exact) mass is 373 g/mol. The van der Waals surface area contributed by atoms with Crippen LogP contribution in [0.3, 0.4) is 0 Å². The number of hydrogen-bond acceptors (Lipinski definition) is 7. The van der Waals surface area contributed by atoms with Crippen molar-refractivity contribution in [3.05, 3.63) is 24.5 Å². The lowest BCUT2D eigenvalue weighted by Gasteiger charge is -2.16. The third-order valence-electron chi connectivity index (χ3n) is 4.21. The minimum Gasteiger partial charge on any atom is -0.493 e. The van der Waals surface area contributed by atoms with Crippen LogP contribution in [0.1, 0.15) is 12.8 Å². The minimum atomic E-state index is -0.429. The van der Waals surface area contributed by atoms with Crippen LogP contribution < -0.4 is 29.7 Å². The van der Waals surface area contributed by atoms with Gasteiger partial charge in [0, 0.05) is 25.2 Å². The van der Waals surface area contributed by atoms with Crippen molar-refractivity contribution < 1.29 is 19.0 Å². The first-order valence-electron chi connectivity index (χ1n) is 8.59. The van der Waals surface area contributed by atoms with Crippen molar-refractivity contribution in [3.63, 3.8) is 0 Å². The van der Waals surface area contributed by atoms with E-state index in [1.54, 1.807) is 24.5 Å². The fourth-order valence-electron chi connectivity index (χ4n) is 2.91. The zero-order chi connectivity index (χ0) is 19.2. The molecule has 9 nitrogen and oxygen atoms in total. The highest BCUT2D eigenvalue weighted by atomic mass is 16.5. The number of rotatable bonds is 6. The van der Waals surface area contributed by atoms with Gasteiger partial charge in [-0.25, -0.2) is 14.8 Å². The Labute approximate surface area is 157 Å². The number of amides is 2. The average molecular weight is 373 g/mol. The van der Waals surface area contributed by atoms with Gasteiger partial charge in [0.1, 0.15) is 0 Å². The highest BCUT2D eigenvalue weighted by Gasteiger charge is 2.16. The van der Waals surface area contributed by atoms with Crippen molar-refractivity contribution in [2.24, 2.45) is 0 Å². The fraction of sp³-hybridized carbons (Fsp3) is 0.389. The van der Waals surface area contributed by atoms with Crippen LogP contribution >= 0.6 is 0 Å². The van der Waals surface area contributed by atoms with Gasteiger partial charge in [-0.2, -0.15) is 0 Å². The Kier molecular flexibility index (Phi) is 5.80. The number of nitrogens with one attached hydrogen (secondary N) is 2. The first-order chi connectivity index (χ1) is 13.1. The summed E-state index contributed by atoms with van der Waals surface area (Å²) in [5, 5.41) is 5.43. The molecule has 0 saturated carbocycles. The number of hydrogen-bond donors (Lipinski definition) is 2. The van der Waals surface area contributed by atoms with E-state index in [-0.39, 0.29) is 0 Å². The van der Waals surface area contributed by atoms with E-state index in [2.05, 4.69) is 25.5 Å². The number of urea groups is 1. The van der Waals surface area contributed by atoms with Gasteiger partial charge < -0.3 is 29.7 Å². The molecule has 1 saturated heterocycles. The summed E-state index contributed by atoms with van der Waals surface area (Å²) in [6, 6.07) is 2.86. The van der Waals surface area contributed by atoms with Crippen LogP contribution in [0.25, 0.3) is 0 Å². The predicted octanol–water partition coefficient (Wildman–Crippen LogP) is 2.75. The lowest BCUT2D eigenvalue weighted by Crippen LogP contribution is -2.22. The van der Waals surface area contributed by atoms with Crippen LogP contribution in [-0.4, -0.2) is 50.4 Å². The Balaban J connectivity index is 1.66. The van der Waals surface area contributed by atoms with Gasteiger partial charge in [-0.15, -0.1) is 0 Å². The molecule has 0 radical (unpaired) electrons. The van der Waals surface area contributed by atoms with E-state index >= 15 is 0 Å². The summed E-state index contributed by atoms with van der Waals surface area (Å²) < 4.78 is 15.8. The molecule has 2 aromatic rings. The Morgan fingerprint density at radius 1 is 0.926 bits per heavy atom. The molecular formula is C18H23N5O4. The van der Waals surface area contributed by atoms with E-state index in [0.29, 0.717) is 34.6 Å². The van der Waals surface area contributed by atoms with Crippen LogP contribution in [-0.2, 0) is 0 Å². The van der Waals surface area contributed by atoms with Gasteiger partial charge in [-0.3, -0.25) is 0 Å². The second kappa shape index (κ2) is 8.43. The smallest absolute Gasteiger partial charge is 0.323 e. The SMILES string of the molecule is COc1cc(NC(=O)Nc2cnc(N3CCCC3)nc2)cc(OC)c1OC. The first kappa shape index (κ1) is 18.6. The third-order valence-corrected chi connectivity index (χ3v) is 4.21. The quantitative estimate of drug-likeness (QED) is 0.803. The molecule has 27 heavy (non-hydrogen) atoms. The van der Waals surface area contributed by atoms with E-state index in [4.69, 9.17) is 14.2 Å². The number of benzene rings is 1. The fourth-order valence-corrected chi connectivity index (χ4v) is 2.91. The molecule has 0 spiro atoms. The van der Waals surface area contributed by atoms with Gasteiger partial charge in [0.2, 0.25) is 11.7 Å². The molecule has 0 atom stereocenters. The summed E-state index contributed by atoms with van der Waals surface area (Å²) in [6.45, 7) is 1.93. The van der Waals surface area contributed by atoms with Gasteiger partial charge in [0.05, 0.1) is 45.1 Å². The lowest BCUT2D eigenvalue weighted by atomic mass is 10.2. The lowest BCUT2D eigenvalue weighted by molar-refractivity contribution is 0.262. The largest absolute Gasteiger partial charge is 0.493 e. The maximum Gasteiger partial charge on any atom is 0.323 e. The van der Waals surface area contributed by atoms with Gasteiger partial charge in [0.25, 0.3) is 0 Å². The Morgan fingerprint density at radius 2 is 1.48 bits per heavy atom. The molecule has 144 valence electrons. The zero-order valence-electron chi connectivity index (χ0n) is 15.6. The Morgan fingerprint density at radius 3 is 2.00 bits per heavy atom. The molecule has 3 rings (SSSR count).